The first-order valence-electron chi connectivity index (χ1n) is 9.87. The van der Waals surface area contributed by atoms with E-state index in [2.05, 4.69) is 18.9 Å². The van der Waals surface area contributed by atoms with Gasteiger partial charge in [-0.1, -0.05) is 18.9 Å². The van der Waals surface area contributed by atoms with E-state index in [1.165, 1.54) is 44.1 Å². The van der Waals surface area contributed by atoms with Gasteiger partial charge in [-0.25, -0.2) is 0 Å². The summed E-state index contributed by atoms with van der Waals surface area (Å²) in [4.78, 5) is 11.3. The lowest BCUT2D eigenvalue weighted by Crippen LogP contribution is -2.48. The average molecular weight is 326 g/mol. The molecule has 0 heterocycles. The molecule has 4 aliphatic rings. The summed E-state index contributed by atoms with van der Waals surface area (Å²) in [6.07, 6.45) is 18.2. The molecule has 0 N–H and O–H groups in total. The van der Waals surface area contributed by atoms with E-state index in [1.807, 2.05) is 0 Å². The zero-order valence-corrected chi connectivity index (χ0v) is 15.1. The van der Waals surface area contributed by atoms with Gasteiger partial charge < -0.3 is 4.74 Å². The Bertz CT molecular complexity index is 598. The molecule has 3 saturated carbocycles. The Labute approximate surface area is 146 Å². The van der Waals surface area contributed by atoms with Gasteiger partial charge in [0.15, 0.2) is 0 Å². The molecule has 2 nitrogen and oxygen atoms in total. The van der Waals surface area contributed by atoms with E-state index in [-0.39, 0.29) is 17.5 Å². The van der Waals surface area contributed by atoms with E-state index in [1.54, 1.807) is 6.92 Å². The Morgan fingerprint density at radius 2 is 2.00 bits per heavy atom. The van der Waals surface area contributed by atoms with Crippen LogP contribution in [0.3, 0.4) is 0 Å². The third-order valence-corrected chi connectivity index (χ3v) is 7.98. The largest absolute Gasteiger partial charge is 0.463 e. The normalized spacial score (nSPS) is 46.8. The van der Waals surface area contributed by atoms with Crippen molar-refractivity contribution in [2.75, 3.05) is 0 Å². The second kappa shape index (κ2) is 5.94. The second-order valence-corrected chi connectivity index (χ2v) is 8.93. The van der Waals surface area contributed by atoms with E-state index in [0.29, 0.717) is 0 Å². The molecule has 0 aliphatic heterocycles. The van der Waals surface area contributed by atoms with Gasteiger partial charge in [0, 0.05) is 17.9 Å². The maximum Gasteiger partial charge on any atom is 0.302 e. The van der Waals surface area contributed by atoms with Crippen LogP contribution in [0.25, 0.3) is 0 Å². The number of carbonyl (C=O) groups excluding carboxylic acids is 1. The first-order valence-corrected chi connectivity index (χ1v) is 9.87. The SMILES string of the molecule is C#CC1=CC[C@H]2[C@@H]3CC[C@H]4C[C@@H](OC(C)=O)CC[C@@H]4[C@H]3CC[C@]12C. The minimum Gasteiger partial charge on any atom is -0.463 e. The van der Waals surface area contributed by atoms with Gasteiger partial charge >= 0.3 is 5.97 Å². The topological polar surface area (TPSA) is 26.3 Å². The van der Waals surface area contributed by atoms with E-state index in [9.17, 15) is 4.79 Å². The van der Waals surface area contributed by atoms with Crippen molar-refractivity contribution in [3.8, 4) is 12.3 Å². The van der Waals surface area contributed by atoms with Crippen LogP contribution in [0, 0.1) is 47.3 Å². The molecule has 0 aromatic rings. The third-order valence-electron chi connectivity index (χ3n) is 7.98. The van der Waals surface area contributed by atoms with Gasteiger partial charge in [-0.05, 0) is 81.0 Å². The summed E-state index contributed by atoms with van der Waals surface area (Å²) in [7, 11) is 0. The number of carbonyl (C=O) groups is 1. The molecule has 0 bridgehead atoms. The number of rotatable bonds is 1. The van der Waals surface area contributed by atoms with Crippen LogP contribution in [0.2, 0.25) is 0 Å². The van der Waals surface area contributed by atoms with Crippen molar-refractivity contribution < 1.29 is 9.53 Å². The summed E-state index contributed by atoms with van der Waals surface area (Å²) in [6, 6.07) is 0. The summed E-state index contributed by atoms with van der Waals surface area (Å²) in [5, 5.41) is 0. The van der Waals surface area contributed by atoms with Crippen molar-refractivity contribution in [1.29, 1.82) is 0 Å². The predicted molar refractivity (Wildman–Crippen MR) is 95.0 cm³/mol. The Kier molecular flexibility index (Phi) is 4.02. The smallest absolute Gasteiger partial charge is 0.302 e. The first kappa shape index (κ1) is 16.2. The maximum atomic E-state index is 11.3. The number of allylic oxidation sites excluding steroid dienone is 2. The van der Waals surface area contributed by atoms with Crippen LogP contribution in [-0.2, 0) is 9.53 Å². The molecule has 0 aromatic carbocycles. The van der Waals surface area contributed by atoms with Crippen molar-refractivity contribution in [3.05, 3.63) is 11.6 Å². The molecular weight excluding hydrogens is 296 g/mol. The molecule has 4 rings (SSSR count). The maximum absolute atomic E-state index is 11.3. The summed E-state index contributed by atoms with van der Waals surface area (Å²) < 4.78 is 5.52. The van der Waals surface area contributed by atoms with Crippen LogP contribution in [0.5, 0.6) is 0 Å². The van der Waals surface area contributed by atoms with Crippen molar-refractivity contribution in [3.63, 3.8) is 0 Å². The molecule has 24 heavy (non-hydrogen) atoms. The van der Waals surface area contributed by atoms with Gasteiger partial charge in [0.2, 0.25) is 0 Å². The molecule has 4 aliphatic carbocycles. The van der Waals surface area contributed by atoms with E-state index < -0.39 is 0 Å². The van der Waals surface area contributed by atoms with E-state index in [0.717, 1.165) is 42.4 Å². The van der Waals surface area contributed by atoms with Crippen LogP contribution >= 0.6 is 0 Å². The third kappa shape index (κ3) is 2.43. The van der Waals surface area contributed by atoms with Gasteiger partial charge in [-0.15, -0.1) is 6.42 Å². The number of fused-ring (bicyclic) bond motifs is 5. The fraction of sp³-hybridized carbons (Fsp3) is 0.773. The summed E-state index contributed by atoms with van der Waals surface area (Å²) in [5.74, 6) is 7.02. The van der Waals surface area contributed by atoms with Crippen LogP contribution < -0.4 is 0 Å². The van der Waals surface area contributed by atoms with Crippen LogP contribution in [0.4, 0.5) is 0 Å². The van der Waals surface area contributed by atoms with Gasteiger partial charge in [-0.3, -0.25) is 4.79 Å². The molecular formula is C22H30O2. The van der Waals surface area contributed by atoms with Crippen LogP contribution in [0.15, 0.2) is 11.6 Å². The monoisotopic (exact) mass is 326 g/mol. The summed E-state index contributed by atoms with van der Waals surface area (Å²) in [5.41, 5.74) is 1.56. The highest BCUT2D eigenvalue weighted by Crippen LogP contribution is 2.62. The highest BCUT2D eigenvalue weighted by atomic mass is 16.5. The zero-order chi connectivity index (χ0) is 16.9. The van der Waals surface area contributed by atoms with E-state index in [4.69, 9.17) is 11.2 Å². The number of terminal acetylenes is 1. The molecule has 3 fully saturated rings. The number of hydrogen-bond donors (Lipinski definition) is 0. The Morgan fingerprint density at radius 3 is 2.75 bits per heavy atom. The lowest BCUT2D eigenvalue weighted by Gasteiger charge is -2.55. The fourth-order valence-electron chi connectivity index (χ4n) is 6.94. The summed E-state index contributed by atoms with van der Waals surface area (Å²) >= 11 is 0. The Balaban J connectivity index is 1.48. The van der Waals surface area contributed by atoms with Gasteiger partial charge in [0.25, 0.3) is 0 Å². The number of ether oxygens (including phenoxy) is 1. The molecule has 0 spiro atoms. The van der Waals surface area contributed by atoms with Crippen molar-refractivity contribution in [2.45, 2.75) is 71.3 Å². The van der Waals surface area contributed by atoms with Gasteiger partial charge in [-0.2, -0.15) is 0 Å². The molecule has 0 amide bonds. The lowest BCUT2D eigenvalue weighted by molar-refractivity contribution is -0.151. The lowest BCUT2D eigenvalue weighted by atomic mass is 9.50. The highest BCUT2D eigenvalue weighted by Gasteiger charge is 2.54. The minimum absolute atomic E-state index is 0.112. The second-order valence-electron chi connectivity index (χ2n) is 8.93. The Morgan fingerprint density at radius 1 is 1.21 bits per heavy atom. The molecule has 130 valence electrons. The van der Waals surface area contributed by atoms with Crippen LogP contribution in [-0.4, -0.2) is 12.1 Å². The van der Waals surface area contributed by atoms with Gasteiger partial charge in [0.05, 0.1) is 0 Å². The molecule has 0 saturated heterocycles. The van der Waals surface area contributed by atoms with Crippen molar-refractivity contribution >= 4 is 5.97 Å². The highest BCUT2D eigenvalue weighted by molar-refractivity contribution is 5.66. The average Bonchev–Trinajstić information content (AvgIpc) is 2.90. The summed E-state index contributed by atoms with van der Waals surface area (Å²) in [6.45, 7) is 3.97. The molecule has 0 unspecified atom stereocenters. The molecule has 0 radical (unpaired) electrons. The first-order chi connectivity index (χ1) is 11.5. The predicted octanol–water partition coefficient (Wildman–Crippen LogP) is 4.74. The standard InChI is InChI=1S/C22H30O2/c1-4-16-6-10-21-20-8-5-15-13-17(24-14(2)23)7-9-18(15)19(20)11-12-22(16,21)3/h1,6,15,17-21H,5,7-13H2,2-3H3/t15-,17-,18-,19+,20+,21-,22+/m0/s1. The number of esters is 1. The quantitative estimate of drug-likeness (QED) is 0.514. The van der Waals surface area contributed by atoms with Crippen molar-refractivity contribution in [2.24, 2.45) is 35.0 Å². The fourth-order valence-corrected chi connectivity index (χ4v) is 6.94. The molecule has 0 aromatic heterocycles. The van der Waals surface area contributed by atoms with Crippen molar-refractivity contribution in [1.82, 2.24) is 0 Å². The molecule has 2 heteroatoms. The minimum atomic E-state index is -0.112. The van der Waals surface area contributed by atoms with E-state index >= 15 is 0 Å². The molecule has 7 atom stereocenters. The zero-order valence-electron chi connectivity index (χ0n) is 15.1. The Hall–Kier alpha value is -1.23. The van der Waals surface area contributed by atoms with Gasteiger partial charge in [0.1, 0.15) is 6.10 Å². The number of hydrogen-bond acceptors (Lipinski definition) is 2. The van der Waals surface area contributed by atoms with Crippen LogP contribution in [0.1, 0.15) is 65.2 Å².